The van der Waals surface area contributed by atoms with Gasteiger partial charge in [0.1, 0.15) is 0 Å². The van der Waals surface area contributed by atoms with Crippen LogP contribution in [-0.2, 0) is 0 Å². The van der Waals surface area contributed by atoms with Crippen LogP contribution in [-0.4, -0.2) is 0 Å². The van der Waals surface area contributed by atoms with Crippen molar-refractivity contribution in [1.29, 1.82) is 0 Å². The van der Waals surface area contributed by atoms with Crippen molar-refractivity contribution in [2.45, 2.75) is 54.8 Å². The van der Waals surface area contributed by atoms with Gasteiger partial charge < -0.3 is 0 Å². The minimum Gasteiger partial charge on any atom is -0.0803 e. The van der Waals surface area contributed by atoms with E-state index in [0.717, 1.165) is 35.5 Å². The van der Waals surface area contributed by atoms with Gasteiger partial charge in [0.2, 0.25) is 0 Å². The fraction of sp³-hybridized carbons (Fsp3) is 0.429. The molecule has 0 spiro atoms. The fourth-order valence-corrected chi connectivity index (χ4v) is 6.65. The van der Waals surface area contributed by atoms with Crippen LogP contribution in [0.4, 0.5) is 0 Å². The SMILES string of the molecule is C1=C[C@@H]2C[C@@H]1c1c3c(c4c(c12)[C@@H]1C=C[C@@H]4C1)[C@@H]1C=C[C@@H]3C1. The third-order valence-corrected chi connectivity index (χ3v) is 7.22. The predicted octanol–water partition coefficient (Wildman–Crippen LogP) is 5.11. The van der Waals surface area contributed by atoms with Crippen molar-refractivity contribution in [2.75, 3.05) is 0 Å². The van der Waals surface area contributed by atoms with Gasteiger partial charge in [-0.2, -0.15) is 0 Å². The molecule has 0 aliphatic heterocycles. The highest BCUT2D eigenvalue weighted by Crippen LogP contribution is 2.65. The summed E-state index contributed by atoms with van der Waals surface area (Å²) >= 11 is 0. The Hall–Kier alpha value is -1.56. The van der Waals surface area contributed by atoms with E-state index < -0.39 is 0 Å². The second kappa shape index (κ2) is 2.97. The Balaban J connectivity index is 1.68. The number of hydrogen-bond acceptors (Lipinski definition) is 0. The van der Waals surface area contributed by atoms with Gasteiger partial charge in [-0.05, 0) is 52.6 Å². The van der Waals surface area contributed by atoms with Gasteiger partial charge in [0.25, 0.3) is 0 Å². The molecule has 21 heavy (non-hydrogen) atoms. The Morgan fingerprint density at radius 1 is 0.381 bits per heavy atom. The van der Waals surface area contributed by atoms with Crippen molar-refractivity contribution in [3.05, 3.63) is 69.8 Å². The second-order valence-corrected chi connectivity index (χ2v) is 7.98. The van der Waals surface area contributed by atoms with E-state index in [9.17, 15) is 0 Å². The first kappa shape index (κ1) is 10.2. The van der Waals surface area contributed by atoms with Crippen molar-refractivity contribution >= 4 is 0 Å². The molecule has 1 aromatic carbocycles. The third kappa shape index (κ3) is 0.924. The molecule has 0 saturated heterocycles. The summed E-state index contributed by atoms with van der Waals surface area (Å²) in [6, 6.07) is 0. The molecule has 0 aromatic heterocycles. The van der Waals surface area contributed by atoms with E-state index in [2.05, 4.69) is 36.5 Å². The van der Waals surface area contributed by atoms with Gasteiger partial charge in [-0.1, -0.05) is 36.5 Å². The van der Waals surface area contributed by atoms with Crippen LogP contribution >= 0.6 is 0 Å². The van der Waals surface area contributed by atoms with Crippen LogP contribution in [0.3, 0.4) is 0 Å². The van der Waals surface area contributed by atoms with Crippen LogP contribution in [0.25, 0.3) is 0 Å². The number of allylic oxidation sites excluding steroid dienone is 6. The maximum absolute atomic E-state index is 2.51. The normalized spacial score (nSPS) is 44.0. The van der Waals surface area contributed by atoms with E-state index in [1.807, 2.05) is 0 Å². The zero-order valence-corrected chi connectivity index (χ0v) is 12.0. The molecule has 6 aliphatic carbocycles. The Morgan fingerprint density at radius 3 is 0.762 bits per heavy atom. The Labute approximate surface area is 125 Å². The molecule has 0 N–H and O–H groups in total. The fourth-order valence-electron chi connectivity index (χ4n) is 6.65. The van der Waals surface area contributed by atoms with Crippen molar-refractivity contribution in [1.82, 2.24) is 0 Å². The second-order valence-electron chi connectivity index (χ2n) is 7.98. The molecule has 102 valence electrons. The standard InChI is InChI=1S/C21H18/c1-2-11-7-10(1)16-17(11)19-13-5-6-15(9-13)21(19)20-14-4-3-12(8-14)18(16)20/h1-6,10-15H,7-9H2/t10-,11-,12-,13-,14-,15-/m1/s1. The molecular formula is C21H18. The largest absolute Gasteiger partial charge is 0.0803 e. The summed E-state index contributed by atoms with van der Waals surface area (Å²) < 4.78 is 0. The van der Waals surface area contributed by atoms with E-state index in [4.69, 9.17) is 0 Å². The molecule has 7 rings (SSSR count). The lowest BCUT2D eigenvalue weighted by atomic mass is 9.76. The molecule has 0 heterocycles. The number of rotatable bonds is 0. The number of fused-ring (bicyclic) bond motifs is 18. The highest BCUT2D eigenvalue weighted by atomic mass is 14.5. The molecule has 0 fully saturated rings. The molecule has 0 saturated carbocycles. The molecule has 6 aliphatic rings. The minimum atomic E-state index is 0.750. The van der Waals surface area contributed by atoms with E-state index in [0.29, 0.717) is 0 Å². The first-order chi connectivity index (χ1) is 10.4. The van der Waals surface area contributed by atoms with E-state index >= 15 is 0 Å². The Morgan fingerprint density at radius 2 is 0.571 bits per heavy atom. The summed E-state index contributed by atoms with van der Waals surface area (Å²) in [4.78, 5) is 0. The van der Waals surface area contributed by atoms with Crippen molar-refractivity contribution in [3.8, 4) is 0 Å². The van der Waals surface area contributed by atoms with Crippen LogP contribution in [0.2, 0.25) is 0 Å². The first-order valence-corrected chi connectivity index (χ1v) is 8.68. The molecular weight excluding hydrogens is 252 g/mol. The zero-order chi connectivity index (χ0) is 13.3. The quantitative estimate of drug-likeness (QED) is 0.575. The smallest absolute Gasteiger partial charge is 0.00331 e. The number of benzene rings is 1. The average Bonchev–Trinajstić information content (AvgIpc) is 3.34. The molecule has 6 bridgehead atoms. The van der Waals surface area contributed by atoms with E-state index in [-0.39, 0.29) is 0 Å². The van der Waals surface area contributed by atoms with Gasteiger partial charge in [0, 0.05) is 35.5 Å². The third-order valence-electron chi connectivity index (χ3n) is 7.22. The van der Waals surface area contributed by atoms with Crippen molar-refractivity contribution in [2.24, 2.45) is 0 Å². The van der Waals surface area contributed by atoms with E-state index in [1.54, 1.807) is 33.4 Å². The highest BCUT2D eigenvalue weighted by molar-refractivity contribution is 5.71. The van der Waals surface area contributed by atoms with Crippen LogP contribution < -0.4 is 0 Å². The maximum Gasteiger partial charge on any atom is 0.00331 e. The van der Waals surface area contributed by atoms with Gasteiger partial charge >= 0.3 is 0 Å². The topological polar surface area (TPSA) is 0 Å². The van der Waals surface area contributed by atoms with Crippen LogP contribution in [0.5, 0.6) is 0 Å². The molecule has 0 unspecified atom stereocenters. The van der Waals surface area contributed by atoms with Gasteiger partial charge in [-0.15, -0.1) is 0 Å². The van der Waals surface area contributed by atoms with Crippen LogP contribution in [0, 0.1) is 0 Å². The molecule has 0 nitrogen and oxygen atoms in total. The van der Waals surface area contributed by atoms with Crippen molar-refractivity contribution < 1.29 is 0 Å². The summed E-state index contributed by atoms with van der Waals surface area (Å²) in [6.45, 7) is 0. The van der Waals surface area contributed by atoms with Gasteiger partial charge in [-0.25, -0.2) is 0 Å². The molecule has 1 aromatic rings. The molecule has 6 atom stereocenters. The Bertz CT molecular complexity index is 627. The lowest BCUT2D eigenvalue weighted by molar-refractivity contribution is 0.779. The van der Waals surface area contributed by atoms with Gasteiger partial charge in [-0.3, -0.25) is 0 Å². The summed E-state index contributed by atoms with van der Waals surface area (Å²) in [5.74, 6) is 4.50. The Kier molecular flexibility index (Phi) is 1.45. The summed E-state index contributed by atoms with van der Waals surface area (Å²) in [5.41, 5.74) is 10.8. The predicted molar refractivity (Wildman–Crippen MR) is 84.2 cm³/mol. The summed E-state index contributed by atoms with van der Waals surface area (Å²) in [6.07, 6.45) is 19.2. The van der Waals surface area contributed by atoms with Crippen LogP contribution in [0.15, 0.2) is 36.5 Å². The van der Waals surface area contributed by atoms with E-state index in [1.165, 1.54) is 19.3 Å². The monoisotopic (exact) mass is 270 g/mol. The number of hydrogen-bond donors (Lipinski definition) is 0. The zero-order valence-electron chi connectivity index (χ0n) is 12.0. The lowest BCUT2D eigenvalue weighted by Crippen LogP contribution is -2.12. The molecule has 0 radical (unpaired) electrons. The van der Waals surface area contributed by atoms with Gasteiger partial charge in [0.05, 0.1) is 0 Å². The lowest BCUT2D eigenvalue weighted by Gasteiger charge is -2.28. The summed E-state index contributed by atoms with van der Waals surface area (Å²) in [7, 11) is 0. The molecule has 0 amide bonds. The maximum atomic E-state index is 2.51. The molecule has 0 heteroatoms. The van der Waals surface area contributed by atoms with Crippen molar-refractivity contribution in [3.63, 3.8) is 0 Å². The average molecular weight is 270 g/mol. The van der Waals surface area contributed by atoms with Gasteiger partial charge in [0.15, 0.2) is 0 Å². The van der Waals surface area contributed by atoms with Crippen LogP contribution in [0.1, 0.15) is 88.2 Å². The summed E-state index contributed by atoms with van der Waals surface area (Å²) in [5, 5.41) is 0. The minimum absolute atomic E-state index is 0.750. The highest BCUT2D eigenvalue weighted by Gasteiger charge is 2.49. The first-order valence-electron chi connectivity index (χ1n) is 8.68.